The Bertz CT molecular complexity index is 981. The van der Waals surface area contributed by atoms with Gasteiger partial charge in [-0.15, -0.1) is 10.2 Å². The summed E-state index contributed by atoms with van der Waals surface area (Å²) in [6, 6.07) is 12.8. The number of aromatic hydroxyl groups is 2. The SMILES string of the molecule is O=C(ONc1ccc(N=NC(=O)c2ccc(O)cc2O)cc1)c1ccco1. The third-order valence-electron chi connectivity index (χ3n) is 3.32. The summed E-state index contributed by atoms with van der Waals surface area (Å²) in [5, 5.41) is 26.1. The maximum atomic E-state index is 11.9. The normalized spacial score (nSPS) is 10.7. The van der Waals surface area contributed by atoms with Gasteiger partial charge in [0, 0.05) is 6.07 Å². The molecule has 2 aromatic carbocycles. The minimum Gasteiger partial charge on any atom is -0.508 e. The van der Waals surface area contributed by atoms with Crippen LogP contribution in [-0.4, -0.2) is 22.1 Å². The fourth-order valence-electron chi connectivity index (χ4n) is 2.00. The highest BCUT2D eigenvalue weighted by molar-refractivity contribution is 5.97. The van der Waals surface area contributed by atoms with Crippen LogP contribution in [0.5, 0.6) is 11.5 Å². The number of nitrogens with one attached hydrogen (secondary N) is 1. The third-order valence-corrected chi connectivity index (χ3v) is 3.32. The lowest BCUT2D eigenvalue weighted by Crippen LogP contribution is -2.09. The molecule has 3 N–H and O–H groups in total. The summed E-state index contributed by atoms with van der Waals surface area (Å²) in [5.41, 5.74) is 3.21. The van der Waals surface area contributed by atoms with Crippen molar-refractivity contribution >= 4 is 23.3 Å². The van der Waals surface area contributed by atoms with Gasteiger partial charge in [0.05, 0.1) is 23.2 Å². The van der Waals surface area contributed by atoms with Crippen LogP contribution in [0.3, 0.4) is 0 Å². The van der Waals surface area contributed by atoms with Crippen LogP contribution < -0.4 is 5.48 Å². The second-order valence-electron chi connectivity index (χ2n) is 5.22. The number of carbonyl (C=O) groups excluding carboxylic acids is 2. The van der Waals surface area contributed by atoms with E-state index in [1.807, 2.05) is 0 Å². The summed E-state index contributed by atoms with van der Waals surface area (Å²) < 4.78 is 4.90. The molecule has 0 spiro atoms. The number of carbonyl (C=O) groups is 2. The number of azo groups is 1. The third kappa shape index (κ3) is 4.48. The van der Waals surface area contributed by atoms with Gasteiger partial charge in [0.15, 0.2) is 0 Å². The zero-order valence-electron chi connectivity index (χ0n) is 13.7. The van der Waals surface area contributed by atoms with Crippen molar-refractivity contribution in [2.24, 2.45) is 10.2 Å². The van der Waals surface area contributed by atoms with E-state index < -0.39 is 17.6 Å². The molecule has 0 aliphatic heterocycles. The van der Waals surface area contributed by atoms with E-state index in [1.54, 1.807) is 18.2 Å². The number of phenolic OH excluding ortho intramolecular Hbond substituents is 2. The summed E-state index contributed by atoms with van der Waals surface area (Å²) in [4.78, 5) is 28.4. The Hall–Kier alpha value is -4.14. The van der Waals surface area contributed by atoms with E-state index in [1.165, 1.54) is 36.6 Å². The first-order valence-corrected chi connectivity index (χ1v) is 7.62. The molecule has 3 rings (SSSR count). The van der Waals surface area contributed by atoms with E-state index in [4.69, 9.17) is 9.25 Å². The first-order chi connectivity index (χ1) is 13.0. The van der Waals surface area contributed by atoms with Gasteiger partial charge in [-0.1, -0.05) is 0 Å². The zero-order chi connectivity index (χ0) is 19.2. The first kappa shape index (κ1) is 17.7. The van der Waals surface area contributed by atoms with Gasteiger partial charge in [0.1, 0.15) is 11.5 Å². The number of phenols is 2. The average molecular weight is 367 g/mol. The van der Waals surface area contributed by atoms with Crippen molar-refractivity contribution in [3.8, 4) is 11.5 Å². The van der Waals surface area contributed by atoms with Crippen LogP contribution in [-0.2, 0) is 4.84 Å². The molecule has 0 aliphatic carbocycles. The molecule has 1 aromatic heterocycles. The van der Waals surface area contributed by atoms with Crippen LogP contribution in [0.1, 0.15) is 20.9 Å². The molecular weight excluding hydrogens is 354 g/mol. The van der Waals surface area contributed by atoms with Crippen LogP contribution in [0, 0.1) is 0 Å². The van der Waals surface area contributed by atoms with E-state index in [0.29, 0.717) is 11.4 Å². The summed E-state index contributed by atoms with van der Waals surface area (Å²) in [6.07, 6.45) is 1.36. The highest BCUT2D eigenvalue weighted by atomic mass is 16.7. The fourth-order valence-corrected chi connectivity index (χ4v) is 2.00. The Morgan fingerprint density at radius 2 is 1.81 bits per heavy atom. The van der Waals surface area contributed by atoms with Gasteiger partial charge in [-0.3, -0.25) is 4.79 Å². The molecule has 3 aromatic rings. The molecule has 136 valence electrons. The predicted molar refractivity (Wildman–Crippen MR) is 92.8 cm³/mol. The molecule has 0 atom stereocenters. The summed E-state index contributed by atoms with van der Waals surface area (Å²) in [5.74, 6) is -1.94. The summed E-state index contributed by atoms with van der Waals surface area (Å²) >= 11 is 0. The van der Waals surface area contributed by atoms with Crippen LogP contribution in [0.25, 0.3) is 0 Å². The highest BCUT2D eigenvalue weighted by Crippen LogP contribution is 2.24. The Labute approximate surface area is 152 Å². The zero-order valence-corrected chi connectivity index (χ0v) is 13.7. The van der Waals surface area contributed by atoms with Crippen LogP contribution >= 0.6 is 0 Å². The molecule has 0 saturated carbocycles. The van der Waals surface area contributed by atoms with Gasteiger partial charge in [-0.25, -0.2) is 10.3 Å². The minimum absolute atomic E-state index is 0.0592. The van der Waals surface area contributed by atoms with E-state index in [-0.39, 0.29) is 17.1 Å². The second-order valence-corrected chi connectivity index (χ2v) is 5.22. The Kier molecular flexibility index (Phi) is 5.12. The van der Waals surface area contributed by atoms with Gasteiger partial charge < -0.3 is 19.5 Å². The molecule has 0 saturated heterocycles. The van der Waals surface area contributed by atoms with E-state index in [0.717, 1.165) is 6.07 Å². The van der Waals surface area contributed by atoms with E-state index in [2.05, 4.69) is 15.7 Å². The molecule has 9 nitrogen and oxygen atoms in total. The number of anilines is 1. The van der Waals surface area contributed by atoms with Crippen molar-refractivity contribution in [1.82, 2.24) is 0 Å². The number of benzene rings is 2. The molecule has 0 aliphatic rings. The monoisotopic (exact) mass is 367 g/mol. The van der Waals surface area contributed by atoms with Crippen molar-refractivity contribution in [3.05, 3.63) is 72.2 Å². The first-order valence-electron chi connectivity index (χ1n) is 7.62. The summed E-state index contributed by atoms with van der Waals surface area (Å²) in [6.45, 7) is 0. The standard InChI is InChI=1S/C18H13N3O6/c22-13-7-8-14(15(23)10-13)17(24)20-19-11-3-5-12(6-4-11)21-27-18(25)16-2-1-9-26-16/h1-10,21-23H. The van der Waals surface area contributed by atoms with Crippen molar-refractivity contribution < 1.29 is 29.1 Å². The van der Waals surface area contributed by atoms with Crippen LogP contribution in [0.4, 0.5) is 11.4 Å². The highest BCUT2D eigenvalue weighted by Gasteiger charge is 2.11. The smallest absolute Gasteiger partial charge is 0.398 e. The van der Waals surface area contributed by atoms with Crippen molar-refractivity contribution in [1.29, 1.82) is 0 Å². The Morgan fingerprint density at radius 3 is 2.48 bits per heavy atom. The Morgan fingerprint density at radius 1 is 1.04 bits per heavy atom. The minimum atomic E-state index is -0.762. The number of hydrogen-bond donors (Lipinski definition) is 3. The van der Waals surface area contributed by atoms with E-state index in [9.17, 15) is 19.8 Å². The lowest BCUT2D eigenvalue weighted by molar-refractivity contribution is 0.0560. The molecule has 0 fully saturated rings. The van der Waals surface area contributed by atoms with Crippen LogP contribution in [0.15, 0.2) is 75.5 Å². The molecule has 27 heavy (non-hydrogen) atoms. The number of nitrogens with zero attached hydrogens (tertiary/aromatic N) is 2. The second kappa shape index (κ2) is 7.83. The maximum absolute atomic E-state index is 11.9. The van der Waals surface area contributed by atoms with Crippen molar-refractivity contribution in [3.63, 3.8) is 0 Å². The van der Waals surface area contributed by atoms with Crippen molar-refractivity contribution in [2.75, 3.05) is 5.48 Å². The van der Waals surface area contributed by atoms with Gasteiger partial charge in [-0.2, -0.15) is 0 Å². The maximum Gasteiger partial charge on any atom is 0.398 e. The quantitative estimate of drug-likeness (QED) is 0.461. The Balaban J connectivity index is 1.59. The van der Waals surface area contributed by atoms with Gasteiger partial charge in [0.25, 0.3) is 5.91 Å². The number of hydrogen-bond acceptors (Lipinski definition) is 8. The molecule has 0 unspecified atom stereocenters. The summed E-state index contributed by atoms with van der Waals surface area (Å²) in [7, 11) is 0. The predicted octanol–water partition coefficient (Wildman–Crippen LogP) is 3.80. The van der Waals surface area contributed by atoms with Gasteiger partial charge >= 0.3 is 5.97 Å². The van der Waals surface area contributed by atoms with Gasteiger partial charge in [-0.05, 0) is 48.5 Å². The van der Waals surface area contributed by atoms with E-state index >= 15 is 0 Å². The molecule has 0 bridgehead atoms. The topological polar surface area (TPSA) is 134 Å². The molecule has 1 heterocycles. The number of rotatable bonds is 5. The number of amides is 1. The lowest BCUT2D eigenvalue weighted by Gasteiger charge is -2.05. The van der Waals surface area contributed by atoms with Crippen LogP contribution in [0.2, 0.25) is 0 Å². The largest absolute Gasteiger partial charge is 0.508 e. The van der Waals surface area contributed by atoms with Crippen molar-refractivity contribution in [2.45, 2.75) is 0 Å². The lowest BCUT2D eigenvalue weighted by atomic mass is 10.2. The molecular formula is C18H13N3O6. The molecule has 1 amide bonds. The molecule has 0 radical (unpaired) electrons. The van der Waals surface area contributed by atoms with Gasteiger partial charge in [0.2, 0.25) is 5.76 Å². The average Bonchev–Trinajstić information content (AvgIpc) is 3.20. The fraction of sp³-hybridized carbons (Fsp3) is 0. The molecule has 9 heteroatoms. The number of furan rings is 1.